The van der Waals surface area contributed by atoms with Gasteiger partial charge in [-0.1, -0.05) is 96.7 Å². The number of hydrogen-bond acceptors (Lipinski definition) is 3. The van der Waals surface area contributed by atoms with Crippen LogP contribution in [-0.4, -0.2) is 14.5 Å². The highest BCUT2D eigenvalue weighted by atomic mass is 32.2. The van der Waals surface area contributed by atoms with Crippen LogP contribution in [0.1, 0.15) is 33.6 Å². The van der Waals surface area contributed by atoms with E-state index in [1.54, 1.807) is 0 Å². The van der Waals surface area contributed by atoms with E-state index in [1.165, 1.54) is 54.3 Å². The molecule has 0 fully saturated rings. The number of aryl methyl sites for hydroxylation is 2. The Morgan fingerprint density at radius 2 is 1.22 bits per heavy atom. The third-order valence-corrected chi connectivity index (χ3v) is 10.6. The van der Waals surface area contributed by atoms with Crippen LogP contribution in [0.2, 0.25) is 0 Å². The van der Waals surface area contributed by atoms with Crippen LogP contribution in [0.25, 0.3) is 39.3 Å². The maximum absolute atomic E-state index is 4.70. The molecule has 4 heteroatoms. The summed E-state index contributed by atoms with van der Waals surface area (Å²) in [7, 11) is 0. The van der Waals surface area contributed by atoms with Crippen LogP contribution in [0.3, 0.4) is 0 Å². The smallest absolute Gasteiger partial charge is 0.146 e. The van der Waals surface area contributed by atoms with Crippen LogP contribution in [0.5, 0.6) is 0 Å². The van der Waals surface area contributed by atoms with E-state index in [-0.39, 0.29) is 5.41 Å². The zero-order valence-electron chi connectivity index (χ0n) is 25.0. The number of benzene rings is 5. The lowest BCUT2D eigenvalue weighted by Crippen LogP contribution is -2.32. The van der Waals surface area contributed by atoms with Gasteiger partial charge in [-0.3, -0.25) is 9.55 Å². The van der Waals surface area contributed by atoms with Crippen molar-refractivity contribution in [3.8, 4) is 39.3 Å². The van der Waals surface area contributed by atoms with Gasteiger partial charge in [0.2, 0.25) is 0 Å². The quantitative estimate of drug-likeness (QED) is 0.204. The topological polar surface area (TPSA) is 30.7 Å². The van der Waals surface area contributed by atoms with Gasteiger partial charge in [0.15, 0.2) is 0 Å². The molecule has 0 saturated heterocycles. The number of pyridine rings is 1. The zero-order valence-corrected chi connectivity index (χ0v) is 25.8. The largest absolute Gasteiger partial charge is 0.300 e. The van der Waals surface area contributed by atoms with E-state index in [9.17, 15) is 0 Å². The predicted molar refractivity (Wildman–Crippen MR) is 183 cm³/mol. The fourth-order valence-corrected chi connectivity index (χ4v) is 8.66. The first-order chi connectivity index (χ1) is 22.1. The number of hydrogen-bond donors (Lipinski definition) is 0. The van der Waals surface area contributed by atoms with Crippen molar-refractivity contribution in [3.63, 3.8) is 0 Å². The Labute approximate surface area is 267 Å². The molecule has 7 aromatic rings. The van der Waals surface area contributed by atoms with Gasteiger partial charge in [-0.05, 0) is 101 Å². The molecule has 214 valence electrons. The predicted octanol–water partition coefficient (Wildman–Crippen LogP) is 10.0. The van der Waals surface area contributed by atoms with Gasteiger partial charge >= 0.3 is 0 Å². The molecule has 1 aliphatic heterocycles. The summed E-state index contributed by atoms with van der Waals surface area (Å²) in [5.41, 5.74) is 14.2. The molecule has 3 heterocycles. The molecule has 2 aliphatic rings. The van der Waals surface area contributed by atoms with E-state index in [2.05, 4.69) is 131 Å². The Bertz CT molecular complexity index is 2230. The first kappa shape index (κ1) is 26.2. The van der Waals surface area contributed by atoms with E-state index in [0.29, 0.717) is 0 Å². The molecule has 0 N–H and O–H groups in total. The highest BCUT2D eigenvalue weighted by Gasteiger charge is 2.50. The number of fused-ring (bicyclic) bond motifs is 9. The first-order valence-electron chi connectivity index (χ1n) is 15.3. The lowest BCUT2D eigenvalue weighted by molar-refractivity contribution is 0.723. The summed E-state index contributed by atoms with van der Waals surface area (Å²) in [5, 5.41) is 0. The first-order valence-corrected chi connectivity index (χ1v) is 16.1. The second kappa shape index (κ2) is 9.91. The van der Waals surface area contributed by atoms with Gasteiger partial charge in [0.05, 0.1) is 5.41 Å². The van der Waals surface area contributed by atoms with Crippen molar-refractivity contribution in [1.29, 1.82) is 0 Å². The molecule has 0 saturated carbocycles. The van der Waals surface area contributed by atoms with Crippen molar-refractivity contribution in [3.05, 3.63) is 173 Å². The summed E-state index contributed by atoms with van der Waals surface area (Å²) >= 11 is 1.88. The van der Waals surface area contributed by atoms with Gasteiger partial charge in [0.1, 0.15) is 5.82 Å². The third kappa shape index (κ3) is 3.79. The summed E-state index contributed by atoms with van der Waals surface area (Å²) in [6.07, 6.45) is 3.88. The second-order valence-corrected chi connectivity index (χ2v) is 13.0. The summed E-state index contributed by atoms with van der Waals surface area (Å²) in [5.74, 6) is 0.901. The highest BCUT2D eigenvalue weighted by molar-refractivity contribution is 7.99. The summed E-state index contributed by atoms with van der Waals surface area (Å²) in [6.45, 7) is 4.07. The highest BCUT2D eigenvalue weighted by Crippen LogP contribution is 2.62. The Hall–Kier alpha value is -5.19. The minimum Gasteiger partial charge on any atom is -0.300 e. The SMILES string of the molecule is Cc1ccc(-c2nccn2-c2ccc(-c3ccc4c(c3)C3(c5ccccc5S4)c4ccccc4-c4ccccc43)cc2)c(C)n1. The fourth-order valence-electron chi connectivity index (χ4n) is 7.48. The molecule has 45 heavy (non-hydrogen) atoms. The number of rotatable bonds is 3. The molecule has 5 aromatic carbocycles. The van der Waals surface area contributed by atoms with E-state index in [4.69, 9.17) is 4.98 Å². The molecule has 0 radical (unpaired) electrons. The van der Waals surface area contributed by atoms with Crippen LogP contribution < -0.4 is 0 Å². The molecule has 0 atom stereocenters. The van der Waals surface area contributed by atoms with Gasteiger partial charge in [-0.2, -0.15) is 0 Å². The van der Waals surface area contributed by atoms with Crippen LogP contribution in [0.4, 0.5) is 0 Å². The monoisotopic (exact) mass is 595 g/mol. The maximum atomic E-state index is 4.70. The summed E-state index contributed by atoms with van der Waals surface area (Å²) < 4.78 is 2.14. The molecular weight excluding hydrogens is 567 g/mol. The average Bonchev–Trinajstić information content (AvgIpc) is 3.67. The minimum absolute atomic E-state index is 0.369. The fraction of sp³-hybridized carbons (Fsp3) is 0.0732. The second-order valence-electron chi connectivity index (χ2n) is 11.9. The van der Waals surface area contributed by atoms with Crippen molar-refractivity contribution in [1.82, 2.24) is 14.5 Å². The Morgan fingerprint density at radius 1 is 0.578 bits per heavy atom. The van der Waals surface area contributed by atoms with Gasteiger partial charge in [-0.25, -0.2) is 4.98 Å². The number of imidazole rings is 1. The van der Waals surface area contributed by atoms with Gasteiger partial charge in [-0.15, -0.1) is 0 Å². The molecule has 9 rings (SSSR count). The van der Waals surface area contributed by atoms with Crippen molar-refractivity contribution in [2.75, 3.05) is 0 Å². The van der Waals surface area contributed by atoms with Crippen LogP contribution >= 0.6 is 11.8 Å². The average molecular weight is 596 g/mol. The van der Waals surface area contributed by atoms with Crippen molar-refractivity contribution >= 4 is 11.8 Å². The molecule has 1 aliphatic carbocycles. The van der Waals surface area contributed by atoms with Gasteiger partial charge in [0, 0.05) is 44.8 Å². The molecule has 0 bridgehead atoms. The van der Waals surface area contributed by atoms with Crippen molar-refractivity contribution < 1.29 is 0 Å². The van der Waals surface area contributed by atoms with Crippen molar-refractivity contribution in [2.45, 2.75) is 29.1 Å². The zero-order chi connectivity index (χ0) is 30.1. The van der Waals surface area contributed by atoms with Crippen molar-refractivity contribution in [2.24, 2.45) is 0 Å². The van der Waals surface area contributed by atoms with E-state index < -0.39 is 0 Å². The van der Waals surface area contributed by atoms with E-state index in [0.717, 1.165) is 28.5 Å². The molecular formula is C41H29N3S. The van der Waals surface area contributed by atoms with Crippen LogP contribution in [-0.2, 0) is 5.41 Å². The van der Waals surface area contributed by atoms with Crippen LogP contribution in [0, 0.1) is 13.8 Å². The minimum atomic E-state index is -0.369. The Kier molecular flexibility index (Phi) is 5.78. The molecule has 1 spiro atoms. The molecule has 3 nitrogen and oxygen atoms in total. The van der Waals surface area contributed by atoms with E-state index in [1.807, 2.05) is 44.1 Å². The maximum Gasteiger partial charge on any atom is 0.146 e. The molecule has 0 unspecified atom stereocenters. The summed E-state index contributed by atoms with van der Waals surface area (Å²) in [6, 6.07) is 47.0. The third-order valence-electron chi connectivity index (χ3n) is 9.43. The number of nitrogens with zero attached hydrogens (tertiary/aromatic N) is 3. The van der Waals surface area contributed by atoms with E-state index >= 15 is 0 Å². The van der Waals surface area contributed by atoms with Gasteiger partial charge in [0.25, 0.3) is 0 Å². The lowest BCUT2D eigenvalue weighted by Gasteiger charge is -2.40. The lowest BCUT2D eigenvalue weighted by atomic mass is 9.67. The number of aromatic nitrogens is 3. The Balaban J connectivity index is 1.19. The van der Waals surface area contributed by atoms with Crippen LogP contribution in [0.15, 0.2) is 150 Å². The standard InChI is InChI=1S/C41H29N3S/c1-26-15-21-31(27(2)43-26)40-42-23-24-44(40)30-19-16-28(17-20-30)29-18-22-39-37(25-29)41(36-13-7-8-14-38(36)45-39)34-11-5-3-9-32(34)33-10-4-6-12-35(33)41/h3-25H,1-2H3. The molecule has 0 amide bonds. The Morgan fingerprint density at radius 3 is 1.96 bits per heavy atom. The normalized spacial score (nSPS) is 13.6. The van der Waals surface area contributed by atoms with Gasteiger partial charge < -0.3 is 0 Å². The summed E-state index contributed by atoms with van der Waals surface area (Å²) in [4.78, 5) is 12.0. The molecule has 2 aromatic heterocycles.